The molecule has 1 saturated heterocycles. The topological polar surface area (TPSA) is 85.5 Å². The van der Waals surface area contributed by atoms with Crippen molar-refractivity contribution < 1.29 is 9.66 Å². The highest BCUT2D eigenvalue weighted by molar-refractivity contribution is 7.80. The van der Waals surface area contributed by atoms with Gasteiger partial charge in [-0.25, -0.2) is 0 Å². The average molecular weight is 466 g/mol. The van der Waals surface area contributed by atoms with E-state index in [2.05, 4.69) is 35.1 Å². The molecule has 2 aromatic heterocycles. The largest absolute Gasteiger partial charge is 0.496 e. The minimum absolute atomic E-state index is 0.00948. The van der Waals surface area contributed by atoms with E-state index in [0.29, 0.717) is 16.5 Å². The lowest BCUT2D eigenvalue weighted by Gasteiger charge is -2.31. The summed E-state index contributed by atoms with van der Waals surface area (Å²) in [5.74, 6) is 0.444. The molecular formula is C24H27N5O3S. The standard InChI is InChI=1S/C24H27N5O3S/c1-14(2)27-23(22(26-24(27)33)19-8-6-7-11-25-19)18-12-15(3)28(16(18)4)20-10-9-17(32-5)13-21(20)29(30)31/h6-14,22-23H,1-5H3,(H,26,33)/t22-,23-/m0/s1. The maximum Gasteiger partial charge on any atom is 0.296 e. The van der Waals surface area contributed by atoms with Gasteiger partial charge in [-0.1, -0.05) is 6.07 Å². The third kappa shape index (κ3) is 3.93. The molecule has 1 fully saturated rings. The molecule has 9 heteroatoms. The van der Waals surface area contributed by atoms with Crippen molar-refractivity contribution in [1.82, 2.24) is 19.8 Å². The smallest absolute Gasteiger partial charge is 0.296 e. The minimum atomic E-state index is -0.375. The van der Waals surface area contributed by atoms with Gasteiger partial charge in [0, 0.05) is 23.6 Å². The number of nitro groups is 1. The summed E-state index contributed by atoms with van der Waals surface area (Å²) < 4.78 is 7.14. The van der Waals surface area contributed by atoms with E-state index in [1.807, 2.05) is 36.6 Å². The molecule has 172 valence electrons. The van der Waals surface area contributed by atoms with Gasteiger partial charge in [0.15, 0.2) is 5.11 Å². The van der Waals surface area contributed by atoms with Crippen molar-refractivity contribution in [3.8, 4) is 11.4 Å². The predicted octanol–water partition coefficient (Wildman–Crippen LogP) is 4.79. The van der Waals surface area contributed by atoms with Crippen molar-refractivity contribution in [3.05, 3.63) is 81.4 Å². The van der Waals surface area contributed by atoms with Crippen LogP contribution in [0.2, 0.25) is 0 Å². The first-order valence-electron chi connectivity index (χ1n) is 10.8. The second-order valence-electron chi connectivity index (χ2n) is 8.40. The van der Waals surface area contributed by atoms with Crippen molar-refractivity contribution in [3.63, 3.8) is 0 Å². The fourth-order valence-corrected chi connectivity index (χ4v) is 5.13. The molecule has 0 aliphatic carbocycles. The second kappa shape index (κ2) is 8.82. The van der Waals surface area contributed by atoms with Gasteiger partial charge in [0.25, 0.3) is 5.69 Å². The predicted molar refractivity (Wildman–Crippen MR) is 131 cm³/mol. The third-order valence-corrected chi connectivity index (χ3v) is 6.43. The molecule has 33 heavy (non-hydrogen) atoms. The van der Waals surface area contributed by atoms with Gasteiger partial charge in [-0.15, -0.1) is 0 Å². The van der Waals surface area contributed by atoms with Crippen LogP contribution in [0.3, 0.4) is 0 Å². The summed E-state index contributed by atoms with van der Waals surface area (Å²) in [5, 5.41) is 16.0. The van der Waals surface area contributed by atoms with Crippen LogP contribution in [-0.2, 0) is 0 Å². The number of ether oxygens (including phenoxy) is 1. The van der Waals surface area contributed by atoms with E-state index in [1.54, 1.807) is 18.3 Å². The molecule has 0 bridgehead atoms. The van der Waals surface area contributed by atoms with Gasteiger partial charge < -0.3 is 19.5 Å². The zero-order valence-corrected chi connectivity index (χ0v) is 20.1. The highest BCUT2D eigenvalue weighted by Crippen LogP contribution is 2.43. The van der Waals surface area contributed by atoms with Crippen LogP contribution in [0, 0.1) is 24.0 Å². The highest BCUT2D eigenvalue weighted by atomic mass is 32.1. The van der Waals surface area contributed by atoms with Crippen LogP contribution in [0.4, 0.5) is 5.69 Å². The quantitative estimate of drug-likeness (QED) is 0.318. The monoisotopic (exact) mass is 465 g/mol. The molecule has 0 spiro atoms. The molecule has 0 amide bonds. The Morgan fingerprint density at radius 3 is 2.58 bits per heavy atom. The number of pyridine rings is 1. The Hall–Kier alpha value is -3.46. The van der Waals surface area contributed by atoms with E-state index in [4.69, 9.17) is 17.0 Å². The van der Waals surface area contributed by atoms with Crippen LogP contribution < -0.4 is 10.1 Å². The Morgan fingerprint density at radius 1 is 1.21 bits per heavy atom. The molecule has 0 unspecified atom stereocenters. The van der Waals surface area contributed by atoms with Gasteiger partial charge in [-0.2, -0.15) is 0 Å². The van der Waals surface area contributed by atoms with Gasteiger partial charge >= 0.3 is 0 Å². The maximum atomic E-state index is 11.9. The van der Waals surface area contributed by atoms with Gasteiger partial charge in [-0.05, 0) is 75.8 Å². The number of hydrogen-bond acceptors (Lipinski definition) is 5. The lowest BCUT2D eigenvalue weighted by Crippen LogP contribution is -2.35. The number of benzene rings is 1. The SMILES string of the molecule is COc1ccc(-n2c(C)cc([C@H]3[C@H](c4ccccn4)NC(=S)N3C(C)C)c2C)c([N+](=O)[O-])c1. The second-order valence-corrected chi connectivity index (χ2v) is 8.79. The first kappa shape index (κ1) is 22.7. The van der Waals surface area contributed by atoms with Gasteiger partial charge in [-0.3, -0.25) is 15.1 Å². The van der Waals surface area contributed by atoms with Crippen molar-refractivity contribution in [2.24, 2.45) is 0 Å². The third-order valence-electron chi connectivity index (χ3n) is 6.10. The molecule has 2 atom stereocenters. The Labute approximate surface area is 198 Å². The Balaban J connectivity index is 1.89. The molecule has 3 aromatic rings. The molecule has 8 nitrogen and oxygen atoms in total. The van der Waals surface area contributed by atoms with Crippen LogP contribution in [0.5, 0.6) is 5.75 Å². The molecule has 4 rings (SSSR count). The van der Waals surface area contributed by atoms with Crippen LogP contribution in [0.15, 0.2) is 48.7 Å². The molecular weight excluding hydrogens is 438 g/mol. The Kier molecular flexibility index (Phi) is 6.07. The molecule has 1 aliphatic heterocycles. The molecule has 3 heterocycles. The van der Waals surface area contributed by atoms with Crippen LogP contribution >= 0.6 is 12.2 Å². The summed E-state index contributed by atoms with van der Waals surface area (Å²) in [5.41, 5.74) is 4.26. The van der Waals surface area contributed by atoms with E-state index in [1.165, 1.54) is 13.2 Å². The fourth-order valence-electron chi connectivity index (χ4n) is 4.68. The number of aryl methyl sites for hydroxylation is 1. The number of hydrogen-bond donors (Lipinski definition) is 1. The van der Waals surface area contributed by atoms with Crippen molar-refractivity contribution in [2.45, 2.75) is 45.8 Å². The number of nitrogens with zero attached hydrogens (tertiary/aromatic N) is 4. The molecule has 1 aliphatic rings. The summed E-state index contributed by atoms with van der Waals surface area (Å²) >= 11 is 5.71. The van der Waals surface area contributed by atoms with Crippen molar-refractivity contribution >= 4 is 23.0 Å². The number of nitrogens with one attached hydrogen (secondary N) is 1. The van der Waals surface area contributed by atoms with Gasteiger partial charge in [0.05, 0.1) is 35.9 Å². The van der Waals surface area contributed by atoms with E-state index in [0.717, 1.165) is 22.6 Å². The zero-order chi connectivity index (χ0) is 23.9. The van der Waals surface area contributed by atoms with Crippen LogP contribution in [-0.4, -0.2) is 37.6 Å². The van der Waals surface area contributed by atoms with Gasteiger partial charge in [0.2, 0.25) is 0 Å². The number of nitro benzene ring substituents is 1. The summed E-state index contributed by atoms with van der Waals surface area (Å²) in [4.78, 5) is 18.3. The number of thiocarbonyl (C=S) groups is 1. The summed E-state index contributed by atoms with van der Waals surface area (Å²) in [7, 11) is 1.50. The normalized spacial score (nSPS) is 18.0. The molecule has 1 aromatic carbocycles. The lowest BCUT2D eigenvalue weighted by molar-refractivity contribution is -0.384. The van der Waals surface area contributed by atoms with Crippen molar-refractivity contribution in [2.75, 3.05) is 7.11 Å². The van der Waals surface area contributed by atoms with E-state index >= 15 is 0 Å². The minimum Gasteiger partial charge on any atom is -0.496 e. The number of rotatable bonds is 6. The van der Waals surface area contributed by atoms with Crippen LogP contribution in [0.1, 0.15) is 48.6 Å². The molecule has 1 N–H and O–H groups in total. The van der Waals surface area contributed by atoms with Crippen LogP contribution in [0.25, 0.3) is 5.69 Å². The average Bonchev–Trinajstić information content (AvgIpc) is 3.29. The number of aromatic nitrogens is 2. The zero-order valence-electron chi connectivity index (χ0n) is 19.3. The highest BCUT2D eigenvalue weighted by Gasteiger charge is 2.42. The molecule has 0 radical (unpaired) electrons. The first-order valence-corrected chi connectivity index (χ1v) is 11.2. The summed E-state index contributed by atoms with van der Waals surface area (Å²) in [6.45, 7) is 8.16. The maximum absolute atomic E-state index is 11.9. The lowest BCUT2D eigenvalue weighted by atomic mass is 9.96. The Morgan fingerprint density at radius 2 is 1.97 bits per heavy atom. The summed E-state index contributed by atoms with van der Waals surface area (Å²) in [6, 6.07) is 12.8. The Bertz CT molecular complexity index is 1210. The van der Waals surface area contributed by atoms with E-state index in [-0.39, 0.29) is 28.7 Å². The van der Waals surface area contributed by atoms with Gasteiger partial charge in [0.1, 0.15) is 11.4 Å². The molecule has 0 saturated carbocycles. The van der Waals surface area contributed by atoms with E-state index < -0.39 is 0 Å². The first-order chi connectivity index (χ1) is 15.7. The fraction of sp³-hybridized carbons (Fsp3) is 0.333. The van der Waals surface area contributed by atoms with Crippen molar-refractivity contribution in [1.29, 1.82) is 0 Å². The summed E-state index contributed by atoms with van der Waals surface area (Å²) in [6.07, 6.45) is 1.78. The number of methoxy groups -OCH3 is 1. The van der Waals surface area contributed by atoms with E-state index in [9.17, 15) is 10.1 Å².